The number of fused-ring (bicyclic) bond motifs is 1. The van der Waals surface area contributed by atoms with Crippen LogP contribution < -0.4 is 4.74 Å². The number of amides is 1. The van der Waals surface area contributed by atoms with E-state index in [9.17, 15) is 4.79 Å². The molecule has 0 bridgehead atoms. The molecule has 1 amide bonds. The fourth-order valence-corrected chi connectivity index (χ4v) is 3.30. The monoisotopic (exact) mass is 361 g/mol. The molecule has 0 unspecified atom stereocenters. The Kier molecular flexibility index (Phi) is 6.12. The molecule has 0 aliphatic carbocycles. The summed E-state index contributed by atoms with van der Waals surface area (Å²) in [5.41, 5.74) is 2.28. The summed E-state index contributed by atoms with van der Waals surface area (Å²) in [7, 11) is 1.66. The van der Waals surface area contributed by atoms with Crippen molar-refractivity contribution in [1.82, 2.24) is 4.90 Å². The minimum atomic E-state index is 0.189. The van der Waals surface area contributed by atoms with Crippen molar-refractivity contribution in [2.24, 2.45) is 5.92 Å². The number of rotatable bonds is 7. The number of nitrogens with zero attached hydrogens (tertiary/aromatic N) is 1. The Morgan fingerprint density at radius 1 is 0.926 bits per heavy atom. The van der Waals surface area contributed by atoms with Crippen LogP contribution in [0.25, 0.3) is 10.8 Å². The highest BCUT2D eigenvalue weighted by molar-refractivity contribution is 5.86. The summed E-state index contributed by atoms with van der Waals surface area (Å²) in [6.07, 6.45) is 0.556. The average molecular weight is 361 g/mol. The van der Waals surface area contributed by atoms with Gasteiger partial charge in [0.05, 0.1) is 7.11 Å². The molecule has 3 aromatic carbocycles. The topological polar surface area (TPSA) is 29.5 Å². The molecular weight excluding hydrogens is 334 g/mol. The highest BCUT2D eigenvalue weighted by Gasteiger charge is 2.17. The number of ether oxygens (including phenoxy) is 1. The number of carbonyl (C=O) groups is 1. The Bertz CT molecular complexity index is 894. The van der Waals surface area contributed by atoms with Crippen LogP contribution in [0, 0.1) is 5.92 Å². The summed E-state index contributed by atoms with van der Waals surface area (Å²) in [5, 5.41) is 2.41. The van der Waals surface area contributed by atoms with Crippen molar-refractivity contribution in [1.29, 1.82) is 0 Å². The van der Waals surface area contributed by atoms with Gasteiger partial charge in [0.1, 0.15) is 5.75 Å². The smallest absolute Gasteiger partial charge is 0.223 e. The average Bonchev–Trinajstić information content (AvgIpc) is 2.67. The lowest BCUT2D eigenvalue weighted by Crippen LogP contribution is -2.31. The molecule has 3 rings (SSSR count). The van der Waals surface area contributed by atoms with Crippen molar-refractivity contribution in [3.63, 3.8) is 0 Å². The van der Waals surface area contributed by atoms with Crippen molar-refractivity contribution in [3.8, 4) is 5.75 Å². The van der Waals surface area contributed by atoms with Crippen LogP contribution in [0.15, 0.2) is 66.7 Å². The Morgan fingerprint density at radius 2 is 1.63 bits per heavy atom. The van der Waals surface area contributed by atoms with E-state index in [-0.39, 0.29) is 5.91 Å². The second-order valence-corrected chi connectivity index (χ2v) is 7.33. The van der Waals surface area contributed by atoms with Gasteiger partial charge in [0.15, 0.2) is 0 Å². The summed E-state index contributed by atoms with van der Waals surface area (Å²) in [4.78, 5) is 14.9. The lowest BCUT2D eigenvalue weighted by Gasteiger charge is -2.25. The summed E-state index contributed by atoms with van der Waals surface area (Å²) < 4.78 is 5.24. The Labute approximate surface area is 161 Å². The molecule has 0 aromatic heterocycles. The van der Waals surface area contributed by atoms with Crippen LogP contribution in [-0.4, -0.2) is 17.9 Å². The lowest BCUT2D eigenvalue weighted by molar-refractivity contribution is -0.133. The second-order valence-electron chi connectivity index (χ2n) is 7.33. The van der Waals surface area contributed by atoms with E-state index in [4.69, 9.17) is 4.74 Å². The molecule has 0 radical (unpaired) electrons. The highest BCUT2D eigenvalue weighted by Crippen LogP contribution is 2.22. The van der Waals surface area contributed by atoms with Crippen LogP contribution in [0.3, 0.4) is 0 Å². The van der Waals surface area contributed by atoms with E-state index in [0.717, 1.165) is 11.3 Å². The molecule has 140 valence electrons. The maximum Gasteiger partial charge on any atom is 0.223 e. The zero-order chi connectivity index (χ0) is 19.2. The van der Waals surface area contributed by atoms with Crippen molar-refractivity contribution >= 4 is 16.7 Å². The van der Waals surface area contributed by atoms with Crippen LogP contribution in [-0.2, 0) is 17.9 Å². The number of hydrogen-bond acceptors (Lipinski definition) is 2. The van der Waals surface area contributed by atoms with E-state index in [1.54, 1.807) is 7.11 Å². The van der Waals surface area contributed by atoms with E-state index in [1.807, 2.05) is 35.2 Å². The third kappa shape index (κ3) is 4.88. The minimum Gasteiger partial charge on any atom is -0.497 e. The molecule has 0 saturated carbocycles. The van der Waals surface area contributed by atoms with Crippen molar-refractivity contribution in [2.75, 3.05) is 7.11 Å². The number of methoxy groups -OCH3 is 1. The highest BCUT2D eigenvalue weighted by atomic mass is 16.5. The molecule has 3 aromatic rings. The fourth-order valence-electron chi connectivity index (χ4n) is 3.30. The number of carbonyl (C=O) groups excluding carboxylic acids is 1. The van der Waals surface area contributed by atoms with Gasteiger partial charge in [-0.2, -0.15) is 0 Å². The zero-order valence-electron chi connectivity index (χ0n) is 16.3. The van der Waals surface area contributed by atoms with E-state index >= 15 is 0 Å². The standard InChI is InChI=1S/C24H27NO2/c1-18(2)15-24(26)25(16-19-11-13-22(27-3)14-12-19)17-21-9-6-8-20-7-4-5-10-23(20)21/h4-14,18H,15-17H2,1-3H3. The van der Waals surface area contributed by atoms with Crippen molar-refractivity contribution < 1.29 is 9.53 Å². The van der Waals surface area contributed by atoms with Gasteiger partial charge in [-0.05, 0) is 39.9 Å². The Morgan fingerprint density at radius 3 is 2.33 bits per heavy atom. The van der Waals surface area contributed by atoms with E-state index < -0.39 is 0 Å². The number of benzene rings is 3. The van der Waals surface area contributed by atoms with Gasteiger partial charge in [0.2, 0.25) is 5.91 Å². The molecule has 0 fully saturated rings. The van der Waals surface area contributed by atoms with Crippen LogP contribution in [0.1, 0.15) is 31.4 Å². The fraction of sp³-hybridized carbons (Fsp3) is 0.292. The SMILES string of the molecule is COc1ccc(CN(Cc2cccc3ccccc23)C(=O)CC(C)C)cc1. The molecule has 0 aliphatic rings. The third-order valence-corrected chi connectivity index (χ3v) is 4.71. The van der Waals surface area contributed by atoms with Crippen LogP contribution in [0.2, 0.25) is 0 Å². The molecule has 3 nitrogen and oxygen atoms in total. The first-order valence-electron chi connectivity index (χ1n) is 9.44. The molecule has 0 heterocycles. The summed E-state index contributed by atoms with van der Waals surface area (Å²) in [5.74, 6) is 1.35. The van der Waals surface area contributed by atoms with Gasteiger partial charge in [-0.1, -0.05) is 68.4 Å². The summed E-state index contributed by atoms with van der Waals surface area (Å²) in [6, 6.07) is 22.6. The summed E-state index contributed by atoms with van der Waals surface area (Å²) in [6.45, 7) is 5.38. The molecular formula is C24H27NO2. The van der Waals surface area contributed by atoms with Gasteiger partial charge in [0, 0.05) is 19.5 Å². The van der Waals surface area contributed by atoms with Crippen LogP contribution >= 0.6 is 0 Å². The molecule has 27 heavy (non-hydrogen) atoms. The first-order chi connectivity index (χ1) is 13.1. The molecule has 3 heteroatoms. The maximum absolute atomic E-state index is 12.9. The lowest BCUT2D eigenvalue weighted by atomic mass is 10.0. The van der Waals surface area contributed by atoms with Gasteiger partial charge in [-0.3, -0.25) is 4.79 Å². The quantitative estimate of drug-likeness (QED) is 0.562. The maximum atomic E-state index is 12.9. The molecule has 0 aliphatic heterocycles. The molecule has 0 saturated heterocycles. The second kappa shape index (κ2) is 8.72. The number of hydrogen-bond donors (Lipinski definition) is 0. The first-order valence-corrected chi connectivity index (χ1v) is 9.44. The van der Waals surface area contributed by atoms with E-state index in [1.165, 1.54) is 16.3 Å². The normalized spacial score (nSPS) is 11.0. The first kappa shape index (κ1) is 19.0. The van der Waals surface area contributed by atoms with Gasteiger partial charge >= 0.3 is 0 Å². The predicted molar refractivity (Wildman–Crippen MR) is 111 cm³/mol. The van der Waals surface area contributed by atoms with Crippen molar-refractivity contribution in [2.45, 2.75) is 33.4 Å². The molecule has 0 atom stereocenters. The van der Waals surface area contributed by atoms with Gasteiger partial charge in [-0.15, -0.1) is 0 Å². The summed E-state index contributed by atoms with van der Waals surface area (Å²) >= 11 is 0. The van der Waals surface area contributed by atoms with E-state index in [0.29, 0.717) is 25.4 Å². The van der Waals surface area contributed by atoms with Crippen LogP contribution in [0.4, 0.5) is 0 Å². The Hall–Kier alpha value is -2.81. The zero-order valence-corrected chi connectivity index (χ0v) is 16.3. The van der Waals surface area contributed by atoms with E-state index in [2.05, 4.69) is 50.2 Å². The predicted octanol–water partition coefficient (Wildman–Crippen LogP) is 5.42. The molecule has 0 N–H and O–H groups in total. The largest absolute Gasteiger partial charge is 0.497 e. The van der Waals surface area contributed by atoms with Crippen molar-refractivity contribution in [3.05, 3.63) is 77.9 Å². The van der Waals surface area contributed by atoms with Gasteiger partial charge in [0.25, 0.3) is 0 Å². The minimum absolute atomic E-state index is 0.189. The molecule has 0 spiro atoms. The third-order valence-electron chi connectivity index (χ3n) is 4.71. The van der Waals surface area contributed by atoms with Gasteiger partial charge in [-0.25, -0.2) is 0 Å². The Balaban J connectivity index is 1.87. The van der Waals surface area contributed by atoms with Crippen LogP contribution in [0.5, 0.6) is 5.75 Å². The van der Waals surface area contributed by atoms with Gasteiger partial charge < -0.3 is 9.64 Å².